The Bertz CT molecular complexity index is 3590. The summed E-state index contributed by atoms with van der Waals surface area (Å²) >= 11 is 0. The summed E-state index contributed by atoms with van der Waals surface area (Å²) in [5.74, 6) is 4.88. The largest absolute Gasteiger partial charge is 0.457 e. The van der Waals surface area contributed by atoms with Crippen LogP contribution in [-0.4, -0.2) is 16.2 Å². The number of pyridine rings is 1. The SMILES string of the molecule is CC(C)(C)c1cc(Oc2ccc3c4ccccc4n(-c4cc(C(C)(C)C)ccn4)c3c2)cc(N2CN(c3c(C4(c5ccccc5)C5CCCC4CCC5)cccc3C3(c4ccccc4)C4CCCC3CCC4)c3ccccc32)c1. The van der Waals surface area contributed by atoms with E-state index in [1.54, 1.807) is 11.1 Å². The second kappa shape index (κ2) is 19.3. The van der Waals surface area contributed by atoms with Crippen molar-refractivity contribution >= 4 is 44.6 Å². The average Bonchev–Trinajstić information content (AvgIpc) is 4.15. The van der Waals surface area contributed by atoms with Crippen molar-refractivity contribution in [2.45, 2.75) is 140 Å². The van der Waals surface area contributed by atoms with Gasteiger partial charge < -0.3 is 14.5 Å². The minimum atomic E-state index is -0.144. The van der Waals surface area contributed by atoms with E-state index in [1.807, 2.05) is 6.20 Å². The Hall–Kier alpha value is -7.11. The van der Waals surface area contributed by atoms with Crippen LogP contribution in [0.15, 0.2) is 182 Å². The second-order valence-electron chi connectivity index (χ2n) is 26.4. The van der Waals surface area contributed by atoms with Gasteiger partial charge in [0.25, 0.3) is 0 Å². The van der Waals surface area contributed by atoms with E-state index in [0.717, 1.165) is 34.0 Å². The predicted molar refractivity (Wildman–Crippen MR) is 328 cm³/mol. The molecule has 9 aromatic rings. The van der Waals surface area contributed by atoms with Crippen molar-refractivity contribution in [3.8, 4) is 17.3 Å². The fraction of sp³-hybridized carbons (Fsp3) is 0.365. The molecule has 14 rings (SSSR count). The maximum absolute atomic E-state index is 7.22. The molecule has 0 atom stereocenters. The van der Waals surface area contributed by atoms with Crippen LogP contribution in [0.3, 0.4) is 0 Å². The number of ether oxygens (including phenoxy) is 1. The van der Waals surface area contributed by atoms with Crippen LogP contribution in [0.1, 0.15) is 152 Å². The molecule has 0 unspecified atom stereocenters. The lowest BCUT2D eigenvalue weighted by Crippen LogP contribution is -2.52. The van der Waals surface area contributed by atoms with Gasteiger partial charge in [-0.2, -0.15) is 0 Å². The first kappa shape index (κ1) is 50.1. The number of rotatable bonds is 9. The zero-order valence-corrected chi connectivity index (χ0v) is 47.5. The molecular weight excluding hydrogens is 961 g/mol. The van der Waals surface area contributed by atoms with Gasteiger partial charge in [0.15, 0.2) is 0 Å². The molecule has 4 bridgehead atoms. The van der Waals surface area contributed by atoms with E-state index in [9.17, 15) is 0 Å². The summed E-state index contributed by atoms with van der Waals surface area (Å²) in [5.41, 5.74) is 15.7. The summed E-state index contributed by atoms with van der Waals surface area (Å²) in [5, 5.41) is 2.38. The van der Waals surface area contributed by atoms with Gasteiger partial charge in [-0.05, 0) is 174 Å². The van der Waals surface area contributed by atoms with Crippen molar-refractivity contribution in [1.82, 2.24) is 9.55 Å². The number of aromatic nitrogens is 2. The lowest BCUT2D eigenvalue weighted by atomic mass is 9.47. The third kappa shape index (κ3) is 8.09. The monoisotopic (exact) mass is 1040 g/mol. The zero-order valence-electron chi connectivity index (χ0n) is 47.5. The first-order valence-electron chi connectivity index (χ1n) is 30.1. The maximum atomic E-state index is 7.22. The van der Waals surface area contributed by atoms with Crippen molar-refractivity contribution < 1.29 is 4.74 Å². The summed E-state index contributed by atoms with van der Waals surface area (Å²) < 4.78 is 9.53. The molecule has 0 N–H and O–H groups in total. The molecule has 4 fully saturated rings. The molecule has 5 aliphatic rings. The highest BCUT2D eigenvalue weighted by Crippen LogP contribution is 2.66. The second-order valence-corrected chi connectivity index (χ2v) is 26.4. The Labute approximate surface area is 469 Å². The molecule has 0 amide bonds. The van der Waals surface area contributed by atoms with Gasteiger partial charge in [-0.3, -0.25) is 4.57 Å². The number of benzene rings is 7. The Morgan fingerprint density at radius 3 is 1.53 bits per heavy atom. The summed E-state index contributed by atoms with van der Waals surface area (Å²) in [6.07, 6.45) is 17.5. The Kier molecular flexibility index (Phi) is 12.3. The number of hydrogen-bond donors (Lipinski definition) is 0. The normalized spacial score (nSPS) is 24.0. The van der Waals surface area contributed by atoms with Gasteiger partial charge in [-0.15, -0.1) is 0 Å². The van der Waals surface area contributed by atoms with Crippen molar-refractivity contribution in [3.05, 3.63) is 216 Å². The van der Waals surface area contributed by atoms with Crippen LogP contribution in [0.25, 0.3) is 27.6 Å². The van der Waals surface area contributed by atoms with E-state index >= 15 is 0 Å². The van der Waals surface area contributed by atoms with E-state index in [-0.39, 0.29) is 21.7 Å². The highest BCUT2D eigenvalue weighted by atomic mass is 16.5. The molecule has 0 saturated heterocycles. The van der Waals surface area contributed by atoms with Crippen LogP contribution in [0, 0.1) is 23.7 Å². The van der Waals surface area contributed by atoms with Crippen LogP contribution in [0.2, 0.25) is 0 Å². The van der Waals surface area contributed by atoms with Gasteiger partial charge >= 0.3 is 0 Å². The number of para-hydroxylation sites is 4. The van der Waals surface area contributed by atoms with E-state index in [2.05, 4.69) is 232 Å². The van der Waals surface area contributed by atoms with Crippen molar-refractivity contribution in [3.63, 3.8) is 0 Å². The minimum absolute atomic E-state index is 0.0172. The van der Waals surface area contributed by atoms with Gasteiger partial charge in [0.05, 0.1) is 28.1 Å². The van der Waals surface area contributed by atoms with E-state index < -0.39 is 0 Å². The molecule has 5 nitrogen and oxygen atoms in total. The fourth-order valence-corrected chi connectivity index (χ4v) is 16.8. The topological polar surface area (TPSA) is 33.5 Å². The number of nitrogens with zero attached hydrogens (tertiary/aromatic N) is 4. The van der Waals surface area contributed by atoms with Crippen molar-refractivity contribution in [1.29, 1.82) is 0 Å². The number of hydrogen-bond acceptors (Lipinski definition) is 4. The standard InChI is InChI=1S/C74H78N4O/c1-71(2,3)56-42-43-75-69(46-56)78-65-37-14-13-34-61(65)62-41-40-59(48-68(62)78)79-60-45-57(72(4,5)6)44-58(47-60)76-49-77(67-39-16-15-38-66(67)76)70-63(73(50-22-9-7-10-23-50)52-26-17-27-53(73)29-18-28-52)35-21-36-64(70)74(51-24-11-8-12-25-51)54-30-19-31-55(74)33-20-32-54/h7-16,21-25,34-48,52-55H,17-20,26-33,49H2,1-6H3. The van der Waals surface area contributed by atoms with E-state index in [4.69, 9.17) is 9.72 Å². The zero-order chi connectivity index (χ0) is 53.7. The fourth-order valence-electron chi connectivity index (χ4n) is 16.8. The summed E-state index contributed by atoms with van der Waals surface area (Å²) in [4.78, 5) is 10.4. The van der Waals surface area contributed by atoms with Crippen LogP contribution in [-0.2, 0) is 21.7 Å². The molecule has 4 aliphatic carbocycles. The van der Waals surface area contributed by atoms with Gasteiger partial charge in [0.1, 0.15) is 24.0 Å². The van der Waals surface area contributed by atoms with E-state index in [1.165, 1.54) is 127 Å². The van der Waals surface area contributed by atoms with Gasteiger partial charge in [-0.1, -0.05) is 176 Å². The Balaban J connectivity index is 0.949. The first-order chi connectivity index (χ1) is 38.4. The van der Waals surface area contributed by atoms with Gasteiger partial charge in [0, 0.05) is 45.6 Å². The molecule has 7 aromatic carbocycles. The minimum Gasteiger partial charge on any atom is -0.457 e. The van der Waals surface area contributed by atoms with Crippen LogP contribution in [0.4, 0.5) is 22.7 Å². The molecule has 2 aromatic heterocycles. The average molecular weight is 1040 g/mol. The molecule has 3 heterocycles. The molecule has 79 heavy (non-hydrogen) atoms. The van der Waals surface area contributed by atoms with Gasteiger partial charge in [0.2, 0.25) is 0 Å². The summed E-state index contributed by atoms with van der Waals surface area (Å²) in [7, 11) is 0. The molecule has 0 spiro atoms. The number of anilines is 4. The highest BCUT2D eigenvalue weighted by Gasteiger charge is 2.57. The molecule has 4 saturated carbocycles. The third-order valence-electron chi connectivity index (χ3n) is 20.2. The van der Waals surface area contributed by atoms with Crippen molar-refractivity contribution in [2.24, 2.45) is 23.7 Å². The van der Waals surface area contributed by atoms with Gasteiger partial charge in [-0.25, -0.2) is 4.98 Å². The van der Waals surface area contributed by atoms with E-state index in [0.29, 0.717) is 30.3 Å². The molecule has 5 heteroatoms. The van der Waals surface area contributed by atoms with Crippen molar-refractivity contribution in [2.75, 3.05) is 16.5 Å². The lowest BCUT2D eigenvalue weighted by Gasteiger charge is -2.58. The quantitative estimate of drug-likeness (QED) is 0.144. The molecule has 1 aliphatic heterocycles. The Morgan fingerprint density at radius 1 is 0.443 bits per heavy atom. The molecule has 400 valence electrons. The van der Waals surface area contributed by atoms with Crippen LogP contribution < -0.4 is 14.5 Å². The lowest BCUT2D eigenvalue weighted by molar-refractivity contribution is 0.0793. The number of fused-ring (bicyclic) bond motifs is 8. The van der Waals surface area contributed by atoms with Crippen LogP contribution in [0.5, 0.6) is 11.5 Å². The smallest absolute Gasteiger partial charge is 0.137 e. The Morgan fingerprint density at radius 2 is 0.962 bits per heavy atom. The maximum Gasteiger partial charge on any atom is 0.137 e. The summed E-state index contributed by atoms with van der Waals surface area (Å²) in [6, 6.07) is 67.7. The third-order valence-corrected chi connectivity index (χ3v) is 20.2. The molecular formula is C74H78N4O. The predicted octanol–water partition coefficient (Wildman–Crippen LogP) is 19.6. The first-order valence-corrected chi connectivity index (χ1v) is 30.1. The highest BCUT2D eigenvalue weighted by molar-refractivity contribution is 6.09. The van der Waals surface area contributed by atoms with Crippen LogP contribution >= 0.6 is 0 Å². The summed E-state index contributed by atoms with van der Waals surface area (Å²) in [6.45, 7) is 14.5. The molecule has 0 radical (unpaired) electrons.